The number of thiazole rings is 1. The fourth-order valence-electron chi connectivity index (χ4n) is 1.46. The molecule has 0 bridgehead atoms. The Labute approximate surface area is 91.4 Å². The smallest absolute Gasteiger partial charge is 0.159 e. The minimum Gasteiger partial charge on any atom is -0.388 e. The quantitative estimate of drug-likeness (QED) is 0.845. The standard InChI is InChI=1S/C9H12N4OS/c1-9(2,8-10-3-4-15-8)13-6-11-12-7(13)5-14/h3-4,6,14H,5H2,1-2H3. The van der Waals surface area contributed by atoms with Crippen LogP contribution in [0.25, 0.3) is 0 Å². The monoisotopic (exact) mass is 224 g/mol. The number of hydrogen-bond donors (Lipinski definition) is 1. The number of aliphatic hydroxyl groups excluding tert-OH is 1. The molecule has 0 aromatic carbocycles. The van der Waals surface area contributed by atoms with Crippen LogP contribution in [-0.4, -0.2) is 24.9 Å². The van der Waals surface area contributed by atoms with Crippen molar-refractivity contribution in [2.24, 2.45) is 0 Å². The molecule has 0 radical (unpaired) electrons. The van der Waals surface area contributed by atoms with Crippen LogP contribution in [0.1, 0.15) is 24.7 Å². The third-order valence-corrected chi connectivity index (χ3v) is 3.40. The van der Waals surface area contributed by atoms with Crippen molar-refractivity contribution in [3.8, 4) is 0 Å². The molecule has 0 saturated carbocycles. The molecule has 2 aromatic rings. The Balaban J connectivity index is 2.46. The molecule has 80 valence electrons. The van der Waals surface area contributed by atoms with Gasteiger partial charge in [-0.25, -0.2) is 4.98 Å². The summed E-state index contributed by atoms with van der Waals surface area (Å²) in [7, 11) is 0. The Morgan fingerprint density at radius 2 is 2.33 bits per heavy atom. The SMILES string of the molecule is CC(C)(c1nccs1)n1cnnc1CO. The van der Waals surface area contributed by atoms with Crippen LogP contribution in [-0.2, 0) is 12.1 Å². The van der Waals surface area contributed by atoms with Crippen molar-refractivity contribution in [2.45, 2.75) is 26.0 Å². The van der Waals surface area contributed by atoms with E-state index in [9.17, 15) is 0 Å². The average molecular weight is 224 g/mol. The van der Waals surface area contributed by atoms with Crippen molar-refractivity contribution < 1.29 is 5.11 Å². The van der Waals surface area contributed by atoms with E-state index < -0.39 is 0 Å². The predicted octanol–water partition coefficient (Wildman–Crippen LogP) is 1.01. The van der Waals surface area contributed by atoms with Gasteiger partial charge in [-0.1, -0.05) is 0 Å². The Bertz CT molecular complexity index is 435. The van der Waals surface area contributed by atoms with Crippen LogP contribution in [0, 0.1) is 0 Å². The first-order valence-electron chi connectivity index (χ1n) is 4.56. The molecule has 5 nitrogen and oxygen atoms in total. The van der Waals surface area contributed by atoms with E-state index in [0.29, 0.717) is 5.82 Å². The maximum Gasteiger partial charge on any atom is 0.159 e. The largest absolute Gasteiger partial charge is 0.388 e. The molecule has 0 aliphatic rings. The average Bonchev–Trinajstić information content (AvgIpc) is 2.89. The molecule has 0 atom stereocenters. The van der Waals surface area contributed by atoms with E-state index in [2.05, 4.69) is 15.2 Å². The van der Waals surface area contributed by atoms with E-state index in [1.807, 2.05) is 23.8 Å². The first-order chi connectivity index (χ1) is 7.16. The van der Waals surface area contributed by atoms with Crippen LogP contribution in [0.15, 0.2) is 17.9 Å². The van der Waals surface area contributed by atoms with Gasteiger partial charge in [0.25, 0.3) is 0 Å². The van der Waals surface area contributed by atoms with Crippen molar-refractivity contribution in [1.82, 2.24) is 19.7 Å². The Kier molecular flexibility index (Phi) is 2.54. The maximum absolute atomic E-state index is 9.13. The maximum atomic E-state index is 9.13. The lowest BCUT2D eigenvalue weighted by molar-refractivity contribution is 0.253. The van der Waals surface area contributed by atoms with Gasteiger partial charge in [-0.05, 0) is 13.8 Å². The summed E-state index contributed by atoms with van der Waals surface area (Å²) in [6.07, 6.45) is 3.39. The van der Waals surface area contributed by atoms with E-state index in [0.717, 1.165) is 5.01 Å². The summed E-state index contributed by atoms with van der Waals surface area (Å²) in [5, 5.41) is 19.7. The van der Waals surface area contributed by atoms with Gasteiger partial charge >= 0.3 is 0 Å². The Morgan fingerprint density at radius 1 is 1.53 bits per heavy atom. The second kappa shape index (κ2) is 3.71. The molecule has 2 heterocycles. The summed E-state index contributed by atoms with van der Waals surface area (Å²) in [6.45, 7) is 3.93. The molecule has 2 rings (SSSR count). The highest BCUT2D eigenvalue weighted by Crippen LogP contribution is 2.27. The molecule has 0 unspecified atom stereocenters. The summed E-state index contributed by atoms with van der Waals surface area (Å²) in [5.41, 5.74) is -0.324. The van der Waals surface area contributed by atoms with Gasteiger partial charge in [-0.15, -0.1) is 21.5 Å². The third kappa shape index (κ3) is 1.66. The van der Waals surface area contributed by atoms with Crippen LogP contribution in [0.4, 0.5) is 0 Å². The molecular formula is C9H12N4OS. The molecule has 0 fully saturated rings. The van der Waals surface area contributed by atoms with E-state index in [-0.39, 0.29) is 12.1 Å². The van der Waals surface area contributed by atoms with Crippen LogP contribution in [0.3, 0.4) is 0 Å². The van der Waals surface area contributed by atoms with E-state index in [4.69, 9.17) is 5.11 Å². The van der Waals surface area contributed by atoms with Crippen LogP contribution in [0.2, 0.25) is 0 Å². The van der Waals surface area contributed by atoms with Gasteiger partial charge in [0.2, 0.25) is 0 Å². The number of rotatable bonds is 3. The van der Waals surface area contributed by atoms with Gasteiger partial charge < -0.3 is 9.67 Å². The molecule has 0 amide bonds. The van der Waals surface area contributed by atoms with Gasteiger partial charge in [0, 0.05) is 11.6 Å². The number of nitrogens with zero attached hydrogens (tertiary/aromatic N) is 4. The van der Waals surface area contributed by atoms with Crippen LogP contribution >= 0.6 is 11.3 Å². The first-order valence-corrected chi connectivity index (χ1v) is 5.44. The van der Waals surface area contributed by atoms with Gasteiger partial charge in [0.1, 0.15) is 17.9 Å². The zero-order chi connectivity index (χ0) is 10.9. The molecule has 0 spiro atoms. The van der Waals surface area contributed by atoms with Crippen molar-refractivity contribution in [3.63, 3.8) is 0 Å². The molecule has 15 heavy (non-hydrogen) atoms. The highest BCUT2D eigenvalue weighted by molar-refractivity contribution is 7.09. The normalized spacial score (nSPS) is 11.9. The van der Waals surface area contributed by atoms with Crippen molar-refractivity contribution in [2.75, 3.05) is 0 Å². The van der Waals surface area contributed by atoms with Gasteiger partial charge in [0.15, 0.2) is 5.82 Å². The minimum atomic E-state index is -0.324. The zero-order valence-corrected chi connectivity index (χ0v) is 9.40. The Morgan fingerprint density at radius 3 is 2.93 bits per heavy atom. The molecule has 2 aromatic heterocycles. The highest BCUT2D eigenvalue weighted by Gasteiger charge is 2.27. The number of aliphatic hydroxyl groups is 1. The third-order valence-electron chi connectivity index (χ3n) is 2.32. The summed E-state index contributed by atoms with van der Waals surface area (Å²) in [4.78, 5) is 4.28. The molecular weight excluding hydrogens is 212 g/mol. The zero-order valence-electron chi connectivity index (χ0n) is 8.58. The molecule has 0 aliphatic carbocycles. The second-order valence-corrected chi connectivity index (χ2v) is 4.57. The highest BCUT2D eigenvalue weighted by atomic mass is 32.1. The van der Waals surface area contributed by atoms with Crippen molar-refractivity contribution >= 4 is 11.3 Å². The molecule has 1 N–H and O–H groups in total. The first kappa shape index (κ1) is 10.3. The number of hydrogen-bond acceptors (Lipinski definition) is 5. The lowest BCUT2D eigenvalue weighted by atomic mass is 10.1. The Hall–Kier alpha value is -1.27. The van der Waals surface area contributed by atoms with Crippen LogP contribution in [0.5, 0.6) is 0 Å². The van der Waals surface area contributed by atoms with Crippen LogP contribution < -0.4 is 0 Å². The van der Waals surface area contributed by atoms with E-state index >= 15 is 0 Å². The molecule has 0 saturated heterocycles. The molecule has 0 aliphatic heterocycles. The fourth-order valence-corrected chi connectivity index (χ4v) is 2.22. The van der Waals surface area contributed by atoms with Gasteiger partial charge in [0.05, 0.1) is 5.54 Å². The topological polar surface area (TPSA) is 63.8 Å². The lowest BCUT2D eigenvalue weighted by Crippen LogP contribution is -2.28. The van der Waals surface area contributed by atoms with E-state index in [1.54, 1.807) is 23.9 Å². The van der Waals surface area contributed by atoms with Gasteiger partial charge in [-0.3, -0.25) is 0 Å². The van der Waals surface area contributed by atoms with E-state index in [1.165, 1.54) is 0 Å². The number of aromatic nitrogens is 4. The summed E-state index contributed by atoms with van der Waals surface area (Å²) < 4.78 is 1.84. The minimum absolute atomic E-state index is 0.116. The summed E-state index contributed by atoms with van der Waals surface area (Å²) in [5.74, 6) is 0.551. The predicted molar refractivity (Wildman–Crippen MR) is 56.5 cm³/mol. The second-order valence-electron chi connectivity index (χ2n) is 3.67. The van der Waals surface area contributed by atoms with Crippen molar-refractivity contribution in [1.29, 1.82) is 0 Å². The summed E-state index contributed by atoms with van der Waals surface area (Å²) in [6, 6.07) is 0. The lowest BCUT2D eigenvalue weighted by Gasteiger charge is -2.24. The summed E-state index contributed by atoms with van der Waals surface area (Å²) >= 11 is 1.58. The van der Waals surface area contributed by atoms with Gasteiger partial charge in [-0.2, -0.15) is 0 Å². The molecule has 6 heteroatoms. The fraction of sp³-hybridized carbons (Fsp3) is 0.444. The van der Waals surface area contributed by atoms with Crippen molar-refractivity contribution in [3.05, 3.63) is 28.7 Å².